The first-order valence-electron chi connectivity index (χ1n) is 8.98. The zero-order valence-corrected chi connectivity index (χ0v) is 17.2. The van der Waals surface area contributed by atoms with Crippen LogP contribution in [0.4, 0.5) is 0 Å². The first kappa shape index (κ1) is 21.7. The minimum atomic E-state index is -0.451. The Labute approximate surface area is 153 Å². The summed E-state index contributed by atoms with van der Waals surface area (Å²) in [6, 6.07) is 3.72. The lowest BCUT2D eigenvalue weighted by molar-refractivity contribution is 0.00578. The van der Waals surface area contributed by atoms with Gasteiger partial charge in [0.2, 0.25) is 0 Å². The highest BCUT2D eigenvalue weighted by Gasteiger charge is 2.51. The highest BCUT2D eigenvalue weighted by atomic mass is 16.7. The van der Waals surface area contributed by atoms with E-state index in [4.69, 9.17) is 14.0 Å². The van der Waals surface area contributed by atoms with Crippen molar-refractivity contribution in [2.75, 3.05) is 7.11 Å². The molecule has 0 amide bonds. The van der Waals surface area contributed by atoms with E-state index in [1.807, 2.05) is 40.7 Å². The van der Waals surface area contributed by atoms with Crippen molar-refractivity contribution in [1.29, 1.82) is 0 Å². The Morgan fingerprint density at radius 3 is 2.00 bits per heavy atom. The van der Waals surface area contributed by atoms with Gasteiger partial charge in [0.1, 0.15) is 5.75 Å². The number of carbonyl (C=O) groups excluding carboxylic acids is 1. The highest BCUT2D eigenvalue weighted by molar-refractivity contribution is 6.62. The summed E-state index contributed by atoms with van der Waals surface area (Å²) in [6.07, 6.45) is 2.11. The van der Waals surface area contributed by atoms with Crippen molar-refractivity contribution < 1.29 is 18.8 Å². The van der Waals surface area contributed by atoms with Crippen LogP contribution < -0.4 is 10.2 Å². The lowest BCUT2D eigenvalue weighted by atomic mass is 9.77. The smallest absolute Gasteiger partial charge is 0.494 e. The number of hydrogen-bond acceptors (Lipinski definition) is 4. The van der Waals surface area contributed by atoms with E-state index in [-0.39, 0.29) is 11.2 Å². The number of methoxy groups -OCH3 is 1. The molecule has 0 N–H and O–H groups in total. The molecule has 1 aliphatic rings. The van der Waals surface area contributed by atoms with Gasteiger partial charge in [-0.15, -0.1) is 0 Å². The van der Waals surface area contributed by atoms with Crippen molar-refractivity contribution in [3.8, 4) is 5.75 Å². The fourth-order valence-corrected chi connectivity index (χ4v) is 2.23. The number of hydrogen-bond donors (Lipinski definition) is 0. The number of aryl methyl sites for hydroxylation is 1. The first-order chi connectivity index (χ1) is 11.5. The maximum Gasteiger partial charge on any atom is 0.494 e. The molecule has 2 rings (SSSR count). The van der Waals surface area contributed by atoms with Crippen molar-refractivity contribution in [1.82, 2.24) is 0 Å². The number of aldehydes is 1. The normalized spacial score (nSPS) is 17.9. The van der Waals surface area contributed by atoms with Gasteiger partial charge in [-0.3, -0.25) is 4.79 Å². The molecule has 25 heavy (non-hydrogen) atoms. The molecule has 5 heteroatoms. The van der Waals surface area contributed by atoms with Crippen molar-refractivity contribution in [3.05, 3.63) is 23.3 Å². The molecule has 1 aromatic carbocycles. The van der Waals surface area contributed by atoms with E-state index in [1.54, 1.807) is 13.2 Å². The zero-order valence-electron chi connectivity index (χ0n) is 17.2. The predicted molar refractivity (Wildman–Crippen MR) is 104 cm³/mol. The number of carbonyl (C=O) groups is 1. The van der Waals surface area contributed by atoms with Gasteiger partial charge in [-0.05, 0) is 57.6 Å². The molecule has 4 nitrogen and oxygen atoms in total. The van der Waals surface area contributed by atoms with Crippen LogP contribution in [0, 0.1) is 12.8 Å². The van der Waals surface area contributed by atoms with Crippen LogP contribution >= 0.6 is 0 Å². The Morgan fingerprint density at radius 2 is 1.64 bits per heavy atom. The van der Waals surface area contributed by atoms with Gasteiger partial charge >= 0.3 is 7.12 Å². The van der Waals surface area contributed by atoms with Gasteiger partial charge in [0, 0.05) is 0 Å². The molecule has 0 aliphatic carbocycles. The van der Waals surface area contributed by atoms with Crippen LogP contribution in [0.25, 0.3) is 0 Å². The first-order valence-corrected chi connectivity index (χ1v) is 8.98. The van der Waals surface area contributed by atoms with E-state index >= 15 is 0 Å². The van der Waals surface area contributed by atoms with Gasteiger partial charge in [0.05, 0.1) is 23.9 Å². The van der Waals surface area contributed by atoms with Gasteiger partial charge in [-0.25, -0.2) is 0 Å². The largest absolute Gasteiger partial charge is 0.496 e. The SMILES string of the molecule is CCC(C)C.COc1cc(B2OC(C)(C)C(C)(C)O2)cc(C)c1C=O. The highest BCUT2D eigenvalue weighted by Crippen LogP contribution is 2.36. The minimum absolute atomic E-state index is 0.387. The summed E-state index contributed by atoms with van der Waals surface area (Å²) >= 11 is 0. The quantitative estimate of drug-likeness (QED) is 0.605. The average Bonchev–Trinajstić information content (AvgIpc) is 2.75. The zero-order chi connectivity index (χ0) is 19.4. The topological polar surface area (TPSA) is 44.8 Å². The van der Waals surface area contributed by atoms with E-state index in [0.29, 0.717) is 11.3 Å². The Hall–Kier alpha value is -1.33. The molecule has 1 fully saturated rings. The number of benzene rings is 1. The molecule has 140 valence electrons. The van der Waals surface area contributed by atoms with Crippen LogP contribution in [0.2, 0.25) is 0 Å². The van der Waals surface area contributed by atoms with Crippen LogP contribution in [0.3, 0.4) is 0 Å². The molecule has 1 saturated heterocycles. The van der Waals surface area contributed by atoms with Crippen molar-refractivity contribution >= 4 is 18.9 Å². The predicted octanol–water partition coefficient (Wildman–Crippen LogP) is 4.17. The van der Waals surface area contributed by atoms with Gasteiger partial charge in [0.15, 0.2) is 6.29 Å². The monoisotopic (exact) mass is 348 g/mol. The molecule has 0 unspecified atom stereocenters. The summed E-state index contributed by atoms with van der Waals surface area (Å²) in [7, 11) is 1.10. The van der Waals surface area contributed by atoms with Crippen molar-refractivity contribution in [2.24, 2.45) is 5.92 Å². The maximum atomic E-state index is 11.1. The summed E-state index contributed by atoms with van der Waals surface area (Å²) in [5, 5.41) is 0. The third kappa shape index (κ3) is 5.08. The molecule has 1 aliphatic heterocycles. The third-order valence-electron chi connectivity index (χ3n) is 5.05. The van der Waals surface area contributed by atoms with Gasteiger partial charge in [0.25, 0.3) is 0 Å². The maximum absolute atomic E-state index is 11.1. The van der Waals surface area contributed by atoms with Crippen LogP contribution in [0.5, 0.6) is 5.75 Å². The molecule has 0 spiro atoms. The Kier molecular flexibility index (Phi) is 7.27. The Morgan fingerprint density at radius 1 is 1.16 bits per heavy atom. The van der Waals surface area contributed by atoms with E-state index in [9.17, 15) is 4.79 Å². The second kappa shape index (κ2) is 8.37. The Bertz CT molecular complexity index is 578. The molecular weight excluding hydrogens is 315 g/mol. The summed E-state index contributed by atoms with van der Waals surface area (Å²) in [5.74, 6) is 1.43. The van der Waals surface area contributed by atoms with Gasteiger partial charge < -0.3 is 14.0 Å². The molecule has 0 radical (unpaired) electrons. The third-order valence-corrected chi connectivity index (χ3v) is 5.05. The molecule has 0 atom stereocenters. The van der Waals surface area contributed by atoms with Crippen LogP contribution in [0.15, 0.2) is 12.1 Å². The minimum Gasteiger partial charge on any atom is -0.496 e. The molecule has 0 aromatic heterocycles. The van der Waals surface area contributed by atoms with Gasteiger partial charge in [-0.2, -0.15) is 0 Å². The fraction of sp³-hybridized carbons (Fsp3) is 0.650. The van der Waals surface area contributed by atoms with Crippen LogP contribution in [0.1, 0.15) is 70.8 Å². The van der Waals surface area contributed by atoms with E-state index < -0.39 is 7.12 Å². The lowest BCUT2D eigenvalue weighted by Crippen LogP contribution is -2.41. The summed E-state index contributed by atoms with van der Waals surface area (Å²) in [5.41, 5.74) is 1.50. The second-order valence-corrected chi connectivity index (χ2v) is 7.96. The summed E-state index contributed by atoms with van der Waals surface area (Å²) in [6.45, 7) is 16.6. The fourth-order valence-electron chi connectivity index (χ4n) is 2.23. The summed E-state index contributed by atoms with van der Waals surface area (Å²) in [4.78, 5) is 11.1. The lowest BCUT2D eigenvalue weighted by Gasteiger charge is -2.32. The molecular formula is C20H33BO4. The van der Waals surface area contributed by atoms with Crippen LogP contribution in [-0.2, 0) is 9.31 Å². The molecule has 1 heterocycles. The van der Waals surface area contributed by atoms with Crippen LogP contribution in [-0.4, -0.2) is 31.7 Å². The van der Waals surface area contributed by atoms with E-state index in [0.717, 1.165) is 23.2 Å². The Balaban J connectivity index is 0.000000550. The molecule has 1 aromatic rings. The molecule has 0 saturated carbocycles. The average molecular weight is 348 g/mol. The van der Waals surface area contributed by atoms with E-state index in [1.165, 1.54) is 6.42 Å². The standard InChI is InChI=1S/C15H21BO4.C5H12/c1-10-7-11(8-13(18-6)12(10)9-17)16-19-14(2,3)15(4,5)20-16;1-4-5(2)3/h7-9H,1-6H3;5H,4H2,1-3H3. The van der Waals surface area contributed by atoms with Crippen molar-refractivity contribution in [3.63, 3.8) is 0 Å². The number of rotatable bonds is 4. The number of ether oxygens (including phenoxy) is 1. The van der Waals surface area contributed by atoms with E-state index in [2.05, 4.69) is 20.8 Å². The van der Waals surface area contributed by atoms with Gasteiger partial charge in [-0.1, -0.05) is 33.3 Å². The molecule has 0 bridgehead atoms. The van der Waals surface area contributed by atoms with Crippen molar-refractivity contribution in [2.45, 2.75) is 73.0 Å². The second-order valence-electron chi connectivity index (χ2n) is 7.96. The summed E-state index contributed by atoms with van der Waals surface area (Å²) < 4.78 is 17.3.